The molecule has 0 atom stereocenters. The van der Waals surface area contributed by atoms with Crippen LogP contribution in [0.25, 0.3) is 10.9 Å². The fraction of sp³-hybridized carbons (Fsp3) is 0.176. The van der Waals surface area contributed by atoms with Crippen molar-refractivity contribution in [2.75, 3.05) is 7.11 Å². The van der Waals surface area contributed by atoms with Crippen LogP contribution in [0.5, 0.6) is 5.75 Å². The van der Waals surface area contributed by atoms with Crippen LogP contribution in [0.1, 0.15) is 15.2 Å². The van der Waals surface area contributed by atoms with E-state index < -0.39 is 0 Å². The Morgan fingerprint density at radius 2 is 2.09 bits per heavy atom. The number of para-hydroxylation sites is 1. The molecule has 2 heterocycles. The number of hydrogen-bond donors (Lipinski definition) is 1. The SMILES string of the molecule is COc1csc(C(=O)NCc2cc3ccccc3n(C)c2=O)c1. The quantitative estimate of drug-likeness (QED) is 0.800. The second-order valence-corrected chi connectivity index (χ2v) is 6.04. The van der Waals surface area contributed by atoms with E-state index in [-0.39, 0.29) is 18.0 Å². The molecule has 3 rings (SSSR count). The Kier molecular flexibility index (Phi) is 4.16. The van der Waals surface area contributed by atoms with Gasteiger partial charge in [-0.05, 0) is 17.5 Å². The number of carbonyl (C=O) groups excluding carboxylic acids is 1. The summed E-state index contributed by atoms with van der Waals surface area (Å²) in [4.78, 5) is 25.1. The number of amides is 1. The molecule has 0 bridgehead atoms. The number of methoxy groups -OCH3 is 1. The molecule has 0 unspecified atom stereocenters. The predicted molar refractivity (Wildman–Crippen MR) is 91.2 cm³/mol. The van der Waals surface area contributed by atoms with Crippen LogP contribution in [0.3, 0.4) is 0 Å². The van der Waals surface area contributed by atoms with Crippen LogP contribution in [0, 0.1) is 0 Å². The maximum absolute atomic E-state index is 12.4. The number of ether oxygens (including phenoxy) is 1. The normalized spacial score (nSPS) is 10.7. The minimum atomic E-state index is -0.214. The second-order valence-electron chi connectivity index (χ2n) is 5.13. The molecule has 0 aliphatic rings. The first-order valence-electron chi connectivity index (χ1n) is 7.08. The lowest BCUT2D eigenvalue weighted by atomic mass is 10.1. The zero-order chi connectivity index (χ0) is 16.4. The standard InChI is InChI=1S/C17H16N2O3S/c1-19-14-6-4-3-5-11(14)7-12(17(19)21)9-18-16(20)15-8-13(22-2)10-23-15/h3-8,10H,9H2,1-2H3,(H,18,20). The molecule has 5 nitrogen and oxygen atoms in total. The maximum atomic E-state index is 12.4. The van der Waals surface area contributed by atoms with Gasteiger partial charge in [0.05, 0.1) is 17.5 Å². The van der Waals surface area contributed by atoms with Gasteiger partial charge in [0.1, 0.15) is 5.75 Å². The minimum Gasteiger partial charge on any atom is -0.496 e. The van der Waals surface area contributed by atoms with Crippen LogP contribution >= 0.6 is 11.3 Å². The zero-order valence-corrected chi connectivity index (χ0v) is 13.6. The first kappa shape index (κ1) is 15.3. The van der Waals surface area contributed by atoms with Crippen molar-refractivity contribution < 1.29 is 9.53 Å². The highest BCUT2D eigenvalue weighted by Crippen LogP contribution is 2.21. The highest BCUT2D eigenvalue weighted by Gasteiger charge is 2.11. The first-order valence-corrected chi connectivity index (χ1v) is 7.96. The fourth-order valence-electron chi connectivity index (χ4n) is 2.42. The summed E-state index contributed by atoms with van der Waals surface area (Å²) >= 11 is 1.31. The molecule has 1 amide bonds. The number of benzene rings is 1. The lowest BCUT2D eigenvalue weighted by Gasteiger charge is -2.09. The van der Waals surface area contributed by atoms with Gasteiger partial charge in [-0.3, -0.25) is 9.59 Å². The highest BCUT2D eigenvalue weighted by atomic mass is 32.1. The van der Waals surface area contributed by atoms with E-state index >= 15 is 0 Å². The number of pyridine rings is 1. The minimum absolute atomic E-state index is 0.104. The van der Waals surface area contributed by atoms with E-state index in [0.29, 0.717) is 16.2 Å². The van der Waals surface area contributed by atoms with E-state index in [9.17, 15) is 9.59 Å². The monoisotopic (exact) mass is 328 g/mol. The average Bonchev–Trinajstić information content (AvgIpc) is 3.06. The van der Waals surface area contributed by atoms with Gasteiger partial charge in [0, 0.05) is 30.6 Å². The van der Waals surface area contributed by atoms with Crippen molar-refractivity contribution in [1.82, 2.24) is 9.88 Å². The summed E-state index contributed by atoms with van der Waals surface area (Å²) in [5, 5.41) is 5.52. The van der Waals surface area contributed by atoms with Gasteiger partial charge < -0.3 is 14.6 Å². The third-order valence-electron chi connectivity index (χ3n) is 3.68. The van der Waals surface area contributed by atoms with Gasteiger partial charge >= 0.3 is 0 Å². The summed E-state index contributed by atoms with van der Waals surface area (Å²) in [5.41, 5.74) is 1.33. The number of fused-ring (bicyclic) bond motifs is 1. The number of rotatable bonds is 4. The molecule has 118 valence electrons. The lowest BCUT2D eigenvalue weighted by molar-refractivity contribution is 0.0954. The Hall–Kier alpha value is -2.60. The largest absolute Gasteiger partial charge is 0.496 e. The molecular weight excluding hydrogens is 312 g/mol. The van der Waals surface area contributed by atoms with Crippen molar-refractivity contribution in [1.29, 1.82) is 0 Å². The number of carbonyl (C=O) groups is 1. The van der Waals surface area contributed by atoms with E-state index in [2.05, 4.69) is 5.32 Å². The van der Waals surface area contributed by atoms with Crippen molar-refractivity contribution >= 4 is 28.1 Å². The van der Waals surface area contributed by atoms with Crippen LogP contribution in [-0.2, 0) is 13.6 Å². The summed E-state index contributed by atoms with van der Waals surface area (Å²) in [6, 6.07) is 11.2. The molecule has 0 saturated carbocycles. The Labute approximate surface area is 137 Å². The molecule has 0 spiro atoms. The van der Waals surface area contributed by atoms with E-state index in [0.717, 1.165) is 10.9 Å². The lowest BCUT2D eigenvalue weighted by Crippen LogP contribution is -2.28. The van der Waals surface area contributed by atoms with E-state index in [4.69, 9.17) is 4.74 Å². The summed E-state index contributed by atoms with van der Waals surface area (Å²) in [6.45, 7) is 0.191. The van der Waals surface area contributed by atoms with Gasteiger partial charge in [-0.15, -0.1) is 11.3 Å². The summed E-state index contributed by atoms with van der Waals surface area (Å²) in [7, 11) is 3.29. The fourth-order valence-corrected chi connectivity index (χ4v) is 3.19. The third-order valence-corrected chi connectivity index (χ3v) is 4.59. The van der Waals surface area contributed by atoms with Crippen LogP contribution in [0.15, 0.2) is 46.6 Å². The molecule has 0 aliphatic heterocycles. The van der Waals surface area contributed by atoms with Gasteiger partial charge in [0.25, 0.3) is 11.5 Å². The number of thiophene rings is 1. The van der Waals surface area contributed by atoms with E-state index in [1.807, 2.05) is 30.3 Å². The van der Waals surface area contributed by atoms with Crippen molar-refractivity contribution in [3.8, 4) is 5.75 Å². The number of hydrogen-bond acceptors (Lipinski definition) is 4. The predicted octanol–water partition coefficient (Wildman–Crippen LogP) is 2.54. The Bertz CT molecular complexity index is 927. The van der Waals surface area contributed by atoms with E-state index in [1.54, 1.807) is 30.2 Å². The average molecular weight is 328 g/mol. The summed E-state index contributed by atoms with van der Waals surface area (Å²) < 4.78 is 6.67. The maximum Gasteiger partial charge on any atom is 0.261 e. The molecule has 0 aliphatic carbocycles. The van der Waals surface area contributed by atoms with Crippen LogP contribution in [0.4, 0.5) is 0 Å². The van der Waals surface area contributed by atoms with Gasteiger partial charge in [-0.1, -0.05) is 18.2 Å². The molecule has 3 aromatic rings. The van der Waals surface area contributed by atoms with Crippen LogP contribution < -0.4 is 15.6 Å². The Morgan fingerprint density at radius 3 is 2.83 bits per heavy atom. The molecule has 6 heteroatoms. The van der Waals surface area contributed by atoms with Crippen molar-refractivity contribution in [2.45, 2.75) is 6.54 Å². The molecule has 23 heavy (non-hydrogen) atoms. The second kappa shape index (κ2) is 6.26. The molecule has 1 aromatic carbocycles. The first-order chi connectivity index (χ1) is 11.1. The van der Waals surface area contributed by atoms with Crippen molar-refractivity contribution in [3.63, 3.8) is 0 Å². The Balaban J connectivity index is 1.83. The Morgan fingerprint density at radius 1 is 1.30 bits per heavy atom. The summed E-state index contributed by atoms with van der Waals surface area (Å²) in [6.07, 6.45) is 0. The number of nitrogens with one attached hydrogen (secondary N) is 1. The molecule has 1 N–H and O–H groups in total. The van der Waals surface area contributed by atoms with Gasteiger partial charge in [0.2, 0.25) is 0 Å². The molecule has 0 fully saturated rings. The highest BCUT2D eigenvalue weighted by molar-refractivity contribution is 7.12. The zero-order valence-electron chi connectivity index (χ0n) is 12.8. The van der Waals surface area contributed by atoms with Crippen molar-refractivity contribution in [3.05, 3.63) is 62.6 Å². The van der Waals surface area contributed by atoms with E-state index in [1.165, 1.54) is 11.3 Å². The van der Waals surface area contributed by atoms with Gasteiger partial charge in [-0.2, -0.15) is 0 Å². The molecule has 0 saturated heterocycles. The van der Waals surface area contributed by atoms with Gasteiger partial charge in [0.15, 0.2) is 0 Å². The van der Waals surface area contributed by atoms with Crippen LogP contribution in [0.2, 0.25) is 0 Å². The smallest absolute Gasteiger partial charge is 0.261 e. The number of aromatic nitrogens is 1. The molecular formula is C17H16N2O3S. The summed E-state index contributed by atoms with van der Waals surface area (Å²) in [5.74, 6) is 0.440. The molecule has 0 radical (unpaired) electrons. The third kappa shape index (κ3) is 2.98. The van der Waals surface area contributed by atoms with Crippen molar-refractivity contribution in [2.24, 2.45) is 7.05 Å². The number of aryl methyl sites for hydroxylation is 1. The number of nitrogens with zero attached hydrogens (tertiary/aromatic N) is 1. The van der Waals surface area contributed by atoms with Gasteiger partial charge in [-0.25, -0.2) is 0 Å². The molecule has 2 aromatic heterocycles. The van der Waals surface area contributed by atoms with Crippen LogP contribution in [-0.4, -0.2) is 17.6 Å². The topological polar surface area (TPSA) is 60.3 Å².